The summed E-state index contributed by atoms with van der Waals surface area (Å²) in [5.41, 5.74) is 0.650. The molecule has 5 nitrogen and oxygen atoms in total. The second-order valence-corrected chi connectivity index (χ2v) is 6.46. The number of carbonyl (C=O) groups excluding carboxylic acids is 1. The minimum atomic E-state index is -0.598. The highest BCUT2D eigenvalue weighted by atomic mass is 19.1. The van der Waals surface area contributed by atoms with Gasteiger partial charge in [-0.25, -0.2) is 4.39 Å². The molecule has 0 saturated heterocycles. The average Bonchev–Trinajstić information content (AvgIpc) is 2.96. The van der Waals surface area contributed by atoms with Crippen LogP contribution < -0.4 is 0 Å². The van der Waals surface area contributed by atoms with E-state index in [0.717, 1.165) is 5.56 Å². The largest absolute Gasteiger partial charge is 0.453 e. The van der Waals surface area contributed by atoms with Crippen molar-refractivity contribution < 1.29 is 18.4 Å². The van der Waals surface area contributed by atoms with Gasteiger partial charge in [-0.3, -0.25) is 4.79 Å². The van der Waals surface area contributed by atoms with Gasteiger partial charge in [-0.2, -0.15) is 4.98 Å². The zero-order chi connectivity index (χ0) is 17.0. The lowest BCUT2D eigenvalue weighted by Crippen LogP contribution is -2.14. The lowest BCUT2D eigenvalue weighted by Gasteiger charge is -2.11. The van der Waals surface area contributed by atoms with Crippen molar-refractivity contribution >= 4 is 5.97 Å². The van der Waals surface area contributed by atoms with Crippen LogP contribution >= 0.6 is 0 Å². The molecule has 0 fully saturated rings. The van der Waals surface area contributed by atoms with Crippen LogP contribution in [0.3, 0.4) is 0 Å². The second kappa shape index (κ2) is 6.89. The number of rotatable bonds is 5. The van der Waals surface area contributed by atoms with Crippen LogP contribution in [0.25, 0.3) is 0 Å². The van der Waals surface area contributed by atoms with Crippen molar-refractivity contribution in [2.24, 2.45) is 0 Å². The molecule has 0 bridgehead atoms. The molecule has 1 unspecified atom stereocenters. The maximum absolute atomic E-state index is 12.8. The third-order valence-electron chi connectivity index (χ3n) is 3.30. The molecule has 0 saturated carbocycles. The van der Waals surface area contributed by atoms with Crippen LogP contribution in [0.1, 0.15) is 57.5 Å². The van der Waals surface area contributed by atoms with Crippen LogP contribution in [0.15, 0.2) is 28.8 Å². The zero-order valence-electron chi connectivity index (χ0n) is 13.8. The molecule has 0 spiro atoms. The molecule has 2 aromatic rings. The highest BCUT2D eigenvalue weighted by Gasteiger charge is 2.24. The van der Waals surface area contributed by atoms with Gasteiger partial charge in [0.15, 0.2) is 11.9 Å². The third-order valence-corrected chi connectivity index (χ3v) is 3.30. The van der Waals surface area contributed by atoms with E-state index in [4.69, 9.17) is 9.26 Å². The van der Waals surface area contributed by atoms with E-state index in [9.17, 15) is 9.18 Å². The topological polar surface area (TPSA) is 65.2 Å². The highest BCUT2D eigenvalue weighted by Crippen LogP contribution is 2.22. The first-order valence-corrected chi connectivity index (χ1v) is 7.53. The maximum Gasteiger partial charge on any atom is 0.306 e. The Morgan fingerprint density at radius 2 is 1.96 bits per heavy atom. The number of aromatic nitrogens is 2. The molecule has 124 valence electrons. The Bertz CT molecular complexity index is 659. The van der Waals surface area contributed by atoms with Gasteiger partial charge in [0.05, 0.1) is 0 Å². The van der Waals surface area contributed by atoms with Crippen molar-refractivity contribution in [2.45, 2.75) is 52.1 Å². The summed E-state index contributed by atoms with van der Waals surface area (Å²) in [6, 6.07) is 6.05. The van der Waals surface area contributed by atoms with Crippen LogP contribution in [-0.2, 0) is 21.4 Å². The van der Waals surface area contributed by atoms with Gasteiger partial charge >= 0.3 is 5.97 Å². The van der Waals surface area contributed by atoms with E-state index in [0.29, 0.717) is 12.2 Å². The number of hydrogen-bond donors (Lipinski definition) is 0. The van der Waals surface area contributed by atoms with Gasteiger partial charge in [0.2, 0.25) is 0 Å². The average molecular weight is 320 g/mol. The van der Waals surface area contributed by atoms with E-state index in [1.165, 1.54) is 12.1 Å². The van der Waals surface area contributed by atoms with Crippen molar-refractivity contribution in [1.82, 2.24) is 10.1 Å². The van der Waals surface area contributed by atoms with Gasteiger partial charge in [0.25, 0.3) is 5.89 Å². The Kier molecular flexibility index (Phi) is 5.13. The lowest BCUT2D eigenvalue weighted by atomic mass is 9.96. The Morgan fingerprint density at radius 3 is 2.52 bits per heavy atom. The summed E-state index contributed by atoms with van der Waals surface area (Å²) in [5.74, 6) is 0.195. The van der Waals surface area contributed by atoms with Gasteiger partial charge in [0, 0.05) is 11.8 Å². The van der Waals surface area contributed by atoms with Crippen LogP contribution in [0.4, 0.5) is 4.39 Å². The molecule has 1 aromatic heterocycles. The predicted molar refractivity (Wildman–Crippen MR) is 82.2 cm³/mol. The molecule has 1 aromatic carbocycles. The fourth-order valence-electron chi connectivity index (χ4n) is 1.91. The number of nitrogens with zero attached hydrogens (tertiary/aromatic N) is 2. The molecule has 0 N–H and O–H groups in total. The van der Waals surface area contributed by atoms with E-state index < -0.39 is 6.10 Å². The van der Waals surface area contributed by atoms with Crippen LogP contribution in [0, 0.1) is 5.82 Å². The number of carbonyl (C=O) groups is 1. The molecule has 0 aliphatic heterocycles. The number of halogens is 1. The Labute approximate surface area is 134 Å². The molecule has 0 radical (unpaired) electrons. The Hall–Kier alpha value is -2.24. The molecular formula is C17H21FN2O3. The van der Waals surface area contributed by atoms with Gasteiger partial charge in [-0.05, 0) is 31.0 Å². The summed E-state index contributed by atoms with van der Waals surface area (Å²) in [6.07, 6.45) is 0.0957. The monoisotopic (exact) mass is 320 g/mol. The quantitative estimate of drug-likeness (QED) is 0.785. The zero-order valence-corrected chi connectivity index (χ0v) is 13.8. The van der Waals surface area contributed by atoms with Crippen LogP contribution in [-0.4, -0.2) is 16.1 Å². The second-order valence-electron chi connectivity index (χ2n) is 6.46. The summed E-state index contributed by atoms with van der Waals surface area (Å²) in [5, 5.41) is 3.90. The minimum absolute atomic E-state index is 0.205. The predicted octanol–water partition coefficient (Wildman–Crippen LogP) is 3.74. The molecule has 0 amide bonds. The highest BCUT2D eigenvalue weighted by molar-refractivity contribution is 5.69. The summed E-state index contributed by atoms with van der Waals surface area (Å²) in [4.78, 5) is 16.2. The molecule has 23 heavy (non-hydrogen) atoms. The molecule has 0 aliphatic rings. The van der Waals surface area contributed by atoms with Gasteiger partial charge in [0.1, 0.15) is 5.82 Å². The fourth-order valence-corrected chi connectivity index (χ4v) is 1.91. The fraction of sp³-hybridized carbons (Fsp3) is 0.471. The van der Waals surface area contributed by atoms with E-state index >= 15 is 0 Å². The standard InChI is InChI=1S/C17H21FN2O3/c1-11(15-19-16(20-23-15)17(2,3)4)22-14(21)10-7-12-5-8-13(18)9-6-12/h5-6,8-9,11H,7,10H2,1-4H3. The van der Waals surface area contributed by atoms with E-state index in [-0.39, 0.29) is 29.5 Å². The number of benzene rings is 1. The minimum Gasteiger partial charge on any atom is -0.453 e. The Morgan fingerprint density at radius 1 is 1.30 bits per heavy atom. The van der Waals surface area contributed by atoms with Crippen molar-refractivity contribution in [1.29, 1.82) is 0 Å². The molecular weight excluding hydrogens is 299 g/mol. The van der Waals surface area contributed by atoms with Crippen molar-refractivity contribution in [3.05, 3.63) is 47.4 Å². The molecule has 0 aliphatic carbocycles. The molecule has 6 heteroatoms. The van der Waals surface area contributed by atoms with Crippen molar-refractivity contribution in [3.8, 4) is 0 Å². The van der Waals surface area contributed by atoms with Gasteiger partial charge in [-0.1, -0.05) is 38.1 Å². The first-order chi connectivity index (χ1) is 10.8. The first kappa shape index (κ1) is 17.1. The number of hydrogen-bond acceptors (Lipinski definition) is 5. The Balaban J connectivity index is 1.87. The summed E-state index contributed by atoms with van der Waals surface area (Å²) >= 11 is 0. The number of ether oxygens (including phenoxy) is 1. The van der Waals surface area contributed by atoms with Crippen molar-refractivity contribution in [3.63, 3.8) is 0 Å². The van der Waals surface area contributed by atoms with E-state index in [2.05, 4.69) is 10.1 Å². The SMILES string of the molecule is CC(OC(=O)CCc1ccc(F)cc1)c1nc(C(C)(C)C)no1. The summed E-state index contributed by atoms with van der Waals surface area (Å²) in [6.45, 7) is 7.61. The lowest BCUT2D eigenvalue weighted by molar-refractivity contribution is -0.149. The third kappa shape index (κ3) is 4.87. The van der Waals surface area contributed by atoms with Crippen molar-refractivity contribution in [2.75, 3.05) is 0 Å². The number of esters is 1. The molecule has 2 rings (SSSR count). The smallest absolute Gasteiger partial charge is 0.306 e. The molecule has 1 atom stereocenters. The van der Waals surface area contributed by atoms with Gasteiger partial charge in [-0.15, -0.1) is 0 Å². The van der Waals surface area contributed by atoms with Gasteiger partial charge < -0.3 is 9.26 Å². The summed E-state index contributed by atoms with van der Waals surface area (Å²) < 4.78 is 23.3. The number of aryl methyl sites for hydroxylation is 1. The summed E-state index contributed by atoms with van der Waals surface area (Å²) in [7, 11) is 0. The van der Waals surface area contributed by atoms with Crippen LogP contribution in [0.2, 0.25) is 0 Å². The normalized spacial score (nSPS) is 12.9. The molecule has 1 heterocycles. The first-order valence-electron chi connectivity index (χ1n) is 7.53. The van der Waals surface area contributed by atoms with E-state index in [1.54, 1.807) is 19.1 Å². The van der Waals surface area contributed by atoms with E-state index in [1.807, 2.05) is 20.8 Å². The maximum atomic E-state index is 12.8. The van der Waals surface area contributed by atoms with Crippen LogP contribution in [0.5, 0.6) is 0 Å².